The van der Waals surface area contributed by atoms with Crippen LogP contribution in [-0.2, 0) is 6.54 Å². The maximum absolute atomic E-state index is 13.8. The predicted octanol–water partition coefficient (Wildman–Crippen LogP) is 5.25. The highest BCUT2D eigenvalue weighted by Gasteiger charge is 2.15. The molecule has 3 rings (SSSR count). The van der Waals surface area contributed by atoms with Crippen molar-refractivity contribution in [2.75, 3.05) is 5.32 Å². The number of hydrogen-bond acceptors (Lipinski definition) is 3. The topological polar surface area (TPSA) is 42.2 Å². The van der Waals surface area contributed by atoms with Gasteiger partial charge in [0.1, 0.15) is 5.58 Å². The molecule has 1 heterocycles. The van der Waals surface area contributed by atoms with E-state index in [2.05, 4.69) is 19.2 Å². The summed E-state index contributed by atoms with van der Waals surface area (Å²) in [6.07, 6.45) is 0. The second-order valence-electron chi connectivity index (χ2n) is 6.53. The predicted molar refractivity (Wildman–Crippen MR) is 95.0 cm³/mol. The molecule has 0 unspecified atom stereocenters. The van der Waals surface area contributed by atoms with Gasteiger partial charge in [0.15, 0.2) is 17.5 Å². The molecule has 6 heteroatoms. The fourth-order valence-corrected chi connectivity index (χ4v) is 3.01. The van der Waals surface area contributed by atoms with E-state index in [1.807, 2.05) is 13.0 Å². The molecule has 3 aromatic rings. The van der Waals surface area contributed by atoms with Gasteiger partial charge in [-0.05, 0) is 53.8 Å². The van der Waals surface area contributed by atoms with Gasteiger partial charge in [-0.1, -0.05) is 13.8 Å². The van der Waals surface area contributed by atoms with E-state index in [0.717, 1.165) is 28.6 Å². The van der Waals surface area contributed by atoms with Crippen LogP contribution >= 0.6 is 0 Å². The van der Waals surface area contributed by atoms with Gasteiger partial charge in [-0.3, -0.25) is 0 Å². The number of nitrogens with one attached hydrogen (secondary N) is 1. The quantitative estimate of drug-likeness (QED) is 0.509. The molecule has 1 aromatic heterocycles. The summed E-state index contributed by atoms with van der Waals surface area (Å²) in [4.78, 5) is 11.8. The number of fused-ring (bicyclic) bond motifs is 1. The summed E-state index contributed by atoms with van der Waals surface area (Å²) in [7, 11) is 0. The van der Waals surface area contributed by atoms with Gasteiger partial charge < -0.3 is 9.73 Å². The zero-order chi connectivity index (χ0) is 19.0. The second-order valence-corrected chi connectivity index (χ2v) is 6.53. The number of aryl methyl sites for hydroxylation is 1. The Morgan fingerprint density at radius 2 is 1.81 bits per heavy atom. The Morgan fingerprint density at radius 3 is 2.50 bits per heavy atom. The molecule has 136 valence electrons. The maximum Gasteiger partial charge on any atom is 0.336 e. The van der Waals surface area contributed by atoms with Gasteiger partial charge in [0.05, 0.1) is 5.69 Å². The molecule has 0 spiro atoms. The van der Waals surface area contributed by atoms with Gasteiger partial charge in [0, 0.05) is 18.0 Å². The lowest BCUT2D eigenvalue weighted by molar-refractivity contribution is 0.449. The highest BCUT2D eigenvalue weighted by Crippen LogP contribution is 2.28. The van der Waals surface area contributed by atoms with Gasteiger partial charge in [-0.2, -0.15) is 0 Å². The minimum Gasteiger partial charge on any atom is -0.423 e. The molecule has 0 saturated carbocycles. The summed E-state index contributed by atoms with van der Waals surface area (Å²) < 4.78 is 45.5. The normalized spacial score (nSPS) is 11.3. The van der Waals surface area contributed by atoms with Crippen LogP contribution in [-0.4, -0.2) is 0 Å². The minimum atomic E-state index is -1.54. The van der Waals surface area contributed by atoms with Crippen LogP contribution < -0.4 is 10.9 Å². The summed E-state index contributed by atoms with van der Waals surface area (Å²) in [6.45, 7) is 6.12. The van der Waals surface area contributed by atoms with Crippen LogP contribution in [0.5, 0.6) is 0 Å². The van der Waals surface area contributed by atoms with E-state index in [-0.39, 0.29) is 18.2 Å². The van der Waals surface area contributed by atoms with Crippen molar-refractivity contribution in [1.29, 1.82) is 0 Å². The summed E-state index contributed by atoms with van der Waals surface area (Å²) in [5.41, 5.74) is 2.42. The first-order valence-electron chi connectivity index (χ1n) is 8.22. The summed E-state index contributed by atoms with van der Waals surface area (Å²) in [5.74, 6) is -3.81. The van der Waals surface area contributed by atoms with Crippen molar-refractivity contribution in [2.24, 2.45) is 0 Å². The molecule has 0 aliphatic heterocycles. The van der Waals surface area contributed by atoms with Gasteiger partial charge in [-0.15, -0.1) is 0 Å². The molecule has 1 N–H and O–H groups in total. The van der Waals surface area contributed by atoms with Crippen LogP contribution in [0.1, 0.15) is 36.5 Å². The van der Waals surface area contributed by atoms with E-state index in [4.69, 9.17) is 4.42 Å². The molecular formula is C20H18F3NO2. The lowest BCUT2D eigenvalue weighted by Gasteiger charge is -2.14. The van der Waals surface area contributed by atoms with Crippen LogP contribution in [0.3, 0.4) is 0 Å². The smallest absolute Gasteiger partial charge is 0.336 e. The molecule has 0 aliphatic rings. The van der Waals surface area contributed by atoms with Gasteiger partial charge in [-0.25, -0.2) is 18.0 Å². The van der Waals surface area contributed by atoms with Crippen molar-refractivity contribution in [3.63, 3.8) is 0 Å². The van der Waals surface area contributed by atoms with Crippen molar-refractivity contribution in [3.8, 4) is 0 Å². The van der Waals surface area contributed by atoms with Crippen molar-refractivity contribution in [1.82, 2.24) is 0 Å². The van der Waals surface area contributed by atoms with Gasteiger partial charge in [0.25, 0.3) is 0 Å². The molecule has 0 bridgehead atoms. The Balaban J connectivity index is 2.03. The zero-order valence-corrected chi connectivity index (χ0v) is 14.6. The molecule has 0 aliphatic carbocycles. The van der Waals surface area contributed by atoms with Crippen LogP contribution in [0.25, 0.3) is 11.0 Å². The van der Waals surface area contributed by atoms with E-state index >= 15 is 0 Å². The molecular weight excluding hydrogens is 343 g/mol. The fraction of sp³-hybridized carbons (Fsp3) is 0.250. The van der Waals surface area contributed by atoms with E-state index in [1.54, 1.807) is 6.07 Å². The molecule has 3 nitrogen and oxygen atoms in total. The second kappa shape index (κ2) is 6.86. The largest absolute Gasteiger partial charge is 0.423 e. The first-order valence-corrected chi connectivity index (χ1v) is 8.22. The van der Waals surface area contributed by atoms with E-state index in [0.29, 0.717) is 11.1 Å². The Labute approximate surface area is 148 Å². The number of anilines is 1. The van der Waals surface area contributed by atoms with Crippen LogP contribution in [0.2, 0.25) is 0 Å². The van der Waals surface area contributed by atoms with Crippen LogP contribution in [0.4, 0.5) is 18.9 Å². The van der Waals surface area contributed by atoms with Gasteiger partial charge >= 0.3 is 5.63 Å². The molecule has 0 atom stereocenters. The van der Waals surface area contributed by atoms with Crippen molar-refractivity contribution < 1.29 is 17.6 Å². The summed E-state index contributed by atoms with van der Waals surface area (Å²) >= 11 is 0. The van der Waals surface area contributed by atoms with Crippen molar-refractivity contribution >= 4 is 16.7 Å². The molecule has 0 radical (unpaired) electrons. The van der Waals surface area contributed by atoms with Gasteiger partial charge in [0.2, 0.25) is 0 Å². The highest BCUT2D eigenvalue weighted by molar-refractivity contribution is 5.82. The highest BCUT2D eigenvalue weighted by atomic mass is 19.2. The van der Waals surface area contributed by atoms with Crippen molar-refractivity contribution in [3.05, 3.63) is 74.9 Å². The van der Waals surface area contributed by atoms with E-state index in [9.17, 15) is 18.0 Å². The fourth-order valence-electron chi connectivity index (χ4n) is 3.01. The minimum absolute atomic E-state index is 0.0602. The standard InChI is InChI=1S/C20H18F3NO2/c1-10(2)13-8-14-12(7-18(25)26-17(14)6-11(13)3)9-24-16-5-4-15(21)19(22)20(16)23/h4-8,10,24H,9H2,1-3H3. The summed E-state index contributed by atoms with van der Waals surface area (Å²) in [5, 5.41) is 3.43. The van der Waals surface area contributed by atoms with E-state index < -0.39 is 23.1 Å². The maximum atomic E-state index is 13.8. The zero-order valence-electron chi connectivity index (χ0n) is 14.6. The SMILES string of the molecule is Cc1cc2oc(=O)cc(CNc3ccc(F)c(F)c3F)c2cc1C(C)C. The molecule has 0 amide bonds. The summed E-state index contributed by atoms with van der Waals surface area (Å²) in [6, 6.07) is 7.01. The molecule has 0 saturated heterocycles. The lowest BCUT2D eigenvalue weighted by Crippen LogP contribution is -2.08. The Bertz CT molecular complexity index is 1040. The molecule has 26 heavy (non-hydrogen) atoms. The lowest BCUT2D eigenvalue weighted by atomic mass is 9.95. The monoisotopic (exact) mass is 361 g/mol. The number of hydrogen-bond donors (Lipinski definition) is 1. The first kappa shape index (κ1) is 18.0. The Hall–Kier alpha value is -2.76. The first-order chi connectivity index (χ1) is 12.3. The number of benzene rings is 2. The average Bonchev–Trinajstić information content (AvgIpc) is 2.57. The average molecular weight is 361 g/mol. The molecule has 2 aromatic carbocycles. The third-order valence-corrected chi connectivity index (χ3v) is 4.34. The Kier molecular flexibility index (Phi) is 4.76. The van der Waals surface area contributed by atoms with Crippen LogP contribution in [0.15, 0.2) is 39.5 Å². The third kappa shape index (κ3) is 3.31. The third-order valence-electron chi connectivity index (χ3n) is 4.34. The molecule has 0 fully saturated rings. The number of halogens is 3. The number of rotatable bonds is 4. The van der Waals surface area contributed by atoms with Crippen LogP contribution in [0, 0.1) is 24.4 Å². The van der Waals surface area contributed by atoms with E-state index in [1.165, 1.54) is 6.07 Å². The van der Waals surface area contributed by atoms with Crippen molar-refractivity contribution in [2.45, 2.75) is 33.2 Å². The Morgan fingerprint density at radius 1 is 1.08 bits per heavy atom.